The Morgan fingerprint density at radius 1 is 1.13 bits per heavy atom. The van der Waals surface area contributed by atoms with Gasteiger partial charge in [0.1, 0.15) is 15.1 Å². The molecule has 3 heterocycles. The SMILES string of the molecule is CCOc1ccccc1-c1nc(CC(=O)Nc2nc(-c3cc(Cl)sc3Cl)cs2)cs1. The number of thiophene rings is 1. The summed E-state index contributed by atoms with van der Waals surface area (Å²) in [5.74, 6) is 0.605. The number of anilines is 1. The topological polar surface area (TPSA) is 64.1 Å². The van der Waals surface area contributed by atoms with E-state index in [-0.39, 0.29) is 12.3 Å². The van der Waals surface area contributed by atoms with Gasteiger partial charge >= 0.3 is 0 Å². The lowest BCUT2D eigenvalue weighted by molar-refractivity contribution is -0.115. The summed E-state index contributed by atoms with van der Waals surface area (Å²) in [6.07, 6.45) is 0.160. The molecule has 0 aliphatic heterocycles. The summed E-state index contributed by atoms with van der Waals surface area (Å²) in [5.41, 5.74) is 3.07. The van der Waals surface area contributed by atoms with Crippen LogP contribution in [-0.2, 0) is 11.2 Å². The van der Waals surface area contributed by atoms with E-state index < -0.39 is 0 Å². The van der Waals surface area contributed by atoms with Gasteiger partial charge in [0.25, 0.3) is 0 Å². The summed E-state index contributed by atoms with van der Waals surface area (Å²) in [4.78, 5) is 21.5. The van der Waals surface area contributed by atoms with Crippen LogP contribution >= 0.6 is 57.2 Å². The number of halogens is 2. The second-order valence-electron chi connectivity index (χ2n) is 6.07. The van der Waals surface area contributed by atoms with Crippen LogP contribution in [-0.4, -0.2) is 22.5 Å². The largest absolute Gasteiger partial charge is 0.493 e. The molecule has 0 fully saturated rings. The Bertz CT molecular complexity index is 1190. The van der Waals surface area contributed by atoms with Gasteiger partial charge in [-0.25, -0.2) is 9.97 Å². The molecule has 10 heteroatoms. The van der Waals surface area contributed by atoms with E-state index in [0.29, 0.717) is 31.8 Å². The summed E-state index contributed by atoms with van der Waals surface area (Å²) >= 11 is 16.3. The Hall–Kier alpha value is -1.97. The van der Waals surface area contributed by atoms with Crippen molar-refractivity contribution >= 4 is 68.3 Å². The Morgan fingerprint density at radius 3 is 2.73 bits per heavy atom. The number of hydrogen-bond donors (Lipinski definition) is 1. The molecule has 154 valence electrons. The van der Waals surface area contributed by atoms with Gasteiger partial charge in [0.15, 0.2) is 5.13 Å². The van der Waals surface area contributed by atoms with E-state index in [1.807, 2.05) is 41.9 Å². The van der Waals surface area contributed by atoms with E-state index in [1.165, 1.54) is 34.0 Å². The lowest BCUT2D eigenvalue weighted by Crippen LogP contribution is -2.14. The van der Waals surface area contributed by atoms with Crippen LogP contribution < -0.4 is 10.1 Å². The van der Waals surface area contributed by atoms with Crippen molar-refractivity contribution in [1.82, 2.24) is 9.97 Å². The number of benzene rings is 1. The lowest BCUT2D eigenvalue weighted by Gasteiger charge is -2.07. The number of amides is 1. The van der Waals surface area contributed by atoms with Gasteiger partial charge in [-0.05, 0) is 25.1 Å². The quantitative estimate of drug-likeness (QED) is 0.303. The second-order valence-corrected chi connectivity index (χ2v) is 10.1. The predicted molar refractivity (Wildman–Crippen MR) is 126 cm³/mol. The molecule has 0 bridgehead atoms. The van der Waals surface area contributed by atoms with Gasteiger partial charge in [0.2, 0.25) is 5.91 Å². The van der Waals surface area contributed by atoms with Gasteiger partial charge in [-0.15, -0.1) is 34.0 Å². The van der Waals surface area contributed by atoms with E-state index in [1.54, 1.807) is 6.07 Å². The van der Waals surface area contributed by atoms with Gasteiger partial charge in [-0.1, -0.05) is 35.3 Å². The van der Waals surface area contributed by atoms with Gasteiger partial charge < -0.3 is 10.1 Å². The molecule has 4 rings (SSSR count). The highest BCUT2D eigenvalue weighted by molar-refractivity contribution is 7.20. The van der Waals surface area contributed by atoms with Crippen molar-refractivity contribution in [3.05, 3.63) is 55.5 Å². The van der Waals surface area contributed by atoms with Crippen molar-refractivity contribution in [2.24, 2.45) is 0 Å². The summed E-state index contributed by atoms with van der Waals surface area (Å²) in [5, 5.41) is 7.88. The molecule has 1 N–H and O–H groups in total. The summed E-state index contributed by atoms with van der Waals surface area (Å²) in [6, 6.07) is 9.52. The zero-order valence-electron chi connectivity index (χ0n) is 15.6. The second kappa shape index (κ2) is 9.45. The zero-order valence-corrected chi connectivity index (χ0v) is 19.6. The first kappa shape index (κ1) is 21.3. The maximum absolute atomic E-state index is 12.5. The molecule has 30 heavy (non-hydrogen) atoms. The van der Waals surface area contributed by atoms with Crippen LogP contribution in [0.5, 0.6) is 5.75 Å². The van der Waals surface area contributed by atoms with Gasteiger partial charge in [-0.3, -0.25) is 4.79 Å². The summed E-state index contributed by atoms with van der Waals surface area (Å²) < 4.78 is 6.84. The molecule has 0 aliphatic rings. The molecule has 0 saturated heterocycles. The van der Waals surface area contributed by atoms with Crippen LogP contribution in [0.3, 0.4) is 0 Å². The standard InChI is InChI=1S/C20H15Cl2N3O2S3/c1-2-27-15-6-4-3-5-12(15)19-23-11(9-28-19)7-17(26)25-20-24-14(10-29-20)13-8-16(21)30-18(13)22/h3-6,8-10H,2,7H2,1H3,(H,24,25,26). The Labute approximate surface area is 195 Å². The molecule has 4 aromatic rings. The van der Waals surface area contributed by atoms with Crippen molar-refractivity contribution in [3.63, 3.8) is 0 Å². The first-order valence-corrected chi connectivity index (χ1v) is 12.2. The first-order chi connectivity index (χ1) is 14.5. The molecule has 1 amide bonds. The number of nitrogens with zero attached hydrogens (tertiary/aromatic N) is 2. The maximum atomic E-state index is 12.5. The molecule has 0 radical (unpaired) electrons. The van der Waals surface area contributed by atoms with Crippen molar-refractivity contribution < 1.29 is 9.53 Å². The average Bonchev–Trinajstić information content (AvgIpc) is 3.43. The maximum Gasteiger partial charge on any atom is 0.232 e. The number of carbonyl (C=O) groups excluding carboxylic acids is 1. The molecule has 5 nitrogen and oxygen atoms in total. The number of nitrogens with one attached hydrogen (secondary N) is 1. The first-order valence-electron chi connectivity index (χ1n) is 8.90. The number of ether oxygens (including phenoxy) is 1. The van der Waals surface area contributed by atoms with Gasteiger partial charge in [0.05, 0.1) is 34.3 Å². The molecule has 0 aliphatic carbocycles. The van der Waals surface area contributed by atoms with Crippen LogP contribution in [0, 0.1) is 0 Å². The highest BCUT2D eigenvalue weighted by atomic mass is 35.5. The Morgan fingerprint density at radius 2 is 1.97 bits per heavy atom. The van der Waals surface area contributed by atoms with Crippen molar-refractivity contribution in [2.75, 3.05) is 11.9 Å². The lowest BCUT2D eigenvalue weighted by atomic mass is 10.2. The summed E-state index contributed by atoms with van der Waals surface area (Å²) in [6.45, 7) is 2.52. The number of rotatable bonds is 7. The van der Waals surface area contributed by atoms with E-state index in [4.69, 9.17) is 27.9 Å². The molecule has 1 aromatic carbocycles. The number of hydrogen-bond acceptors (Lipinski definition) is 7. The van der Waals surface area contributed by atoms with Crippen molar-refractivity contribution in [3.8, 4) is 27.6 Å². The number of thiazole rings is 2. The molecule has 0 spiro atoms. The van der Waals surface area contributed by atoms with Crippen LogP contribution in [0.15, 0.2) is 41.1 Å². The molecule has 0 unspecified atom stereocenters. The molecule has 3 aromatic heterocycles. The minimum absolute atomic E-state index is 0.160. The fraction of sp³-hybridized carbons (Fsp3) is 0.150. The van der Waals surface area contributed by atoms with E-state index in [2.05, 4.69) is 15.3 Å². The van der Waals surface area contributed by atoms with Crippen LogP contribution in [0.2, 0.25) is 8.67 Å². The third-order valence-corrected chi connectivity index (χ3v) is 7.16. The smallest absolute Gasteiger partial charge is 0.232 e. The Kier molecular flexibility index (Phi) is 6.70. The van der Waals surface area contributed by atoms with E-state index in [9.17, 15) is 4.79 Å². The minimum atomic E-state index is -0.180. The predicted octanol–water partition coefficient (Wildman–Crippen LogP) is 6.88. The molecular formula is C20H15Cl2N3O2S3. The molecular weight excluding hydrogens is 481 g/mol. The Balaban J connectivity index is 1.43. The summed E-state index contributed by atoms with van der Waals surface area (Å²) in [7, 11) is 0. The fourth-order valence-corrected chi connectivity index (χ4v) is 5.79. The molecule has 0 saturated carbocycles. The number of para-hydroxylation sites is 1. The number of aromatic nitrogens is 2. The fourth-order valence-electron chi connectivity index (χ4n) is 2.73. The van der Waals surface area contributed by atoms with Crippen LogP contribution in [0.25, 0.3) is 21.8 Å². The van der Waals surface area contributed by atoms with Gasteiger partial charge in [-0.2, -0.15) is 0 Å². The van der Waals surface area contributed by atoms with Gasteiger partial charge in [0, 0.05) is 16.3 Å². The molecule has 0 atom stereocenters. The van der Waals surface area contributed by atoms with E-state index in [0.717, 1.165) is 21.9 Å². The third-order valence-electron chi connectivity index (χ3n) is 3.99. The van der Waals surface area contributed by atoms with E-state index >= 15 is 0 Å². The van der Waals surface area contributed by atoms with Crippen molar-refractivity contribution in [1.29, 1.82) is 0 Å². The number of carbonyl (C=O) groups is 1. The van der Waals surface area contributed by atoms with Crippen LogP contribution in [0.4, 0.5) is 5.13 Å². The zero-order chi connectivity index (χ0) is 21.1. The normalized spacial score (nSPS) is 10.9. The highest BCUT2D eigenvalue weighted by Gasteiger charge is 2.15. The average molecular weight is 496 g/mol. The minimum Gasteiger partial charge on any atom is -0.493 e. The third kappa shape index (κ3) is 4.84. The van der Waals surface area contributed by atoms with Crippen molar-refractivity contribution in [2.45, 2.75) is 13.3 Å². The monoisotopic (exact) mass is 495 g/mol. The highest BCUT2D eigenvalue weighted by Crippen LogP contribution is 2.39. The van der Waals surface area contributed by atoms with Crippen LogP contribution in [0.1, 0.15) is 12.6 Å².